The van der Waals surface area contributed by atoms with E-state index in [0.29, 0.717) is 17.7 Å². The molecule has 0 unspecified atom stereocenters. The number of nitrogens with one attached hydrogen (secondary N) is 1. The molecule has 5 nitrogen and oxygen atoms in total. The van der Waals surface area contributed by atoms with Gasteiger partial charge in [0.25, 0.3) is 5.91 Å². The molecule has 1 saturated carbocycles. The molecule has 1 amide bonds. The van der Waals surface area contributed by atoms with Crippen LogP contribution in [0.5, 0.6) is 0 Å². The molecule has 0 bridgehead atoms. The summed E-state index contributed by atoms with van der Waals surface area (Å²) in [5.41, 5.74) is 0.752. The Balaban J connectivity index is 2.00. The number of hydrogen-bond donors (Lipinski definition) is 2. The minimum Gasteiger partial charge on any atom is -0.393 e. The van der Waals surface area contributed by atoms with Crippen LogP contribution in [0.3, 0.4) is 0 Å². The third kappa shape index (κ3) is 2.22. The second-order valence-corrected chi connectivity index (χ2v) is 5.19. The molecule has 2 rings (SSSR count). The first-order valence-corrected chi connectivity index (χ1v) is 6.16. The molecule has 0 spiro atoms. The average molecular weight is 241 g/mol. The lowest BCUT2D eigenvalue weighted by Gasteiger charge is -2.31. The van der Waals surface area contributed by atoms with Crippen LogP contribution >= 0.6 is 11.5 Å². The van der Waals surface area contributed by atoms with E-state index in [1.54, 1.807) is 0 Å². The standard InChI is InChI=1S/C10H15N3O2S/c1-5(2)8-9(16-13-12-8)10(15)11-6-3-7(14)4-6/h5-7,14H,3-4H2,1-2H3,(H,11,15). The van der Waals surface area contributed by atoms with E-state index in [2.05, 4.69) is 14.9 Å². The third-order valence-electron chi connectivity index (χ3n) is 2.71. The Bertz CT molecular complexity index is 385. The van der Waals surface area contributed by atoms with Crippen LogP contribution in [0.25, 0.3) is 0 Å². The van der Waals surface area contributed by atoms with E-state index in [0.717, 1.165) is 17.2 Å². The van der Waals surface area contributed by atoms with Gasteiger partial charge in [0.05, 0.1) is 11.8 Å². The molecule has 2 N–H and O–H groups in total. The maximum Gasteiger partial charge on any atom is 0.265 e. The molecule has 88 valence electrons. The van der Waals surface area contributed by atoms with Gasteiger partial charge in [-0.05, 0) is 30.3 Å². The fourth-order valence-electron chi connectivity index (χ4n) is 1.69. The van der Waals surface area contributed by atoms with Crippen molar-refractivity contribution in [2.75, 3.05) is 0 Å². The maximum atomic E-state index is 11.9. The number of aromatic nitrogens is 2. The van der Waals surface area contributed by atoms with Crippen molar-refractivity contribution in [3.63, 3.8) is 0 Å². The predicted octanol–water partition coefficient (Wildman–Crippen LogP) is 0.915. The highest BCUT2D eigenvalue weighted by molar-refractivity contribution is 7.08. The summed E-state index contributed by atoms with van der Waals surface area (Å²) in [6.45, 7) is 3.97. The number of carbonyl (C=O) groups excluding carboxylic acids is 1. The van der Waals surface area contributed by atoms with Gasteiger partial charge in [0, 0.05) is 6.04 Å². The van der Waals surface area contributed by atoms with Gasteiger partial charge in [-0.15, -0.1) is 5.10 Å². The van der Waals surface area contributed by atoms with Crippen molar-refractivity contribution < 1.29 is 9.90 Å². The highest BCUT2D eigenvalue weighted by Gasteiger charge is 2.30. The van der Waals surface area contributed by atoms with Gasteiger partial charge in [0.2, 0.25) is 0 Å². The van der Waals surface area contributed by atoms with Gasteiger partial charge in [-0.1, -0.05) is 18.3 Å². The lowest BCUT2D eigenvalue weighted by molar-refractivity contribution is 0.0564. The monoisotopic (exact) mass is 241 g/mol. The van der Waals surface area contributed by atoms with Crippen LogP contribution in [-0.2, 0) is 0 Å². The van der Waals surface area contributed by atoms with E-state index in [1.165, 1.54) is 0 Å². The van der Waals surface area contributed by atoms with Crippen LogP contribution < -0.4 is 5.32 Å². The number of aliphatic hydroxyl groups excluding tert-OH is 1. The number of carbonyl (C=O) groups is 1. The van der Waals surface area contributed by atoms with Crippen molar-refractivity contribution in [3.05, 3.63) is 10.6 Å². The fraction of sp³-hybridized carbons (Fsp3) is 0.700. The molecule has 0 aromatic carbocycles. The van der Waals surface area contributed by atoms with Crippen LogP contribution in [0.1, 0.15) is 48.0 Å². The van der Waals surface area contributed by atoms with Crippen LogP contribution in [-0.4, -0.2) is 32.7 Å². The fourth-order valence-corrected chi connectivity index (χ4v) is 2.41. The molecule has 16 heavy (non-hydrogen) atoms. The molecule has 0 saturated heterocycles. The summed E-state index contributed by atoms with van der Waals surface area (Å²) in [4.78, 5) is 12.5. The topological polar surface area (TPSA) is 75.1 Å². The zero-order valence-corrected chi connectivity index (χ0v) is 10.1. The highest BCUT2D eigenvalue weighted by Crippen LogP contribution is 2.23. The Labute approximate surface area is 98.0 Å². The number of amides is 1. The quantitative estimate of drug-likeness (QED) is 0.825. The summed E-state index contributed by atoms with van der Waals surface area (Å²) in [7, 11) is 0. The van der Waals surface area contributed by atoms with Crippen LogP contribution in [0.4, 0.5) is 0 Å². The van der Waals surface area contributed by atoms with Gasteiger partial charge in [-0.2, -0.15) is 0 Å². The van der Waals surface area contributed by atoms with E-state index in [-0.39, 0.29) is 24.0 Å². The first kappa shape index (κ1) is 11.5. The van der Waals surface area contributed by atoms with Crippen molar-refractivity contribution in [2.45, 2.75) is 44.8 Å². The minimum atomic E-state index is -0.255. The summed E-state index contributed by atoms with van der Waals surface area (Å²) in [6, 6.07) is 0.101. The zero-order valence-electron chi connectivity index (χ0n) is 9.30. The summed E-state index contributed by atoms with van der Waals surface area (Å²) in [5.74, 6) is 0.0853. The van der Waals surface area contributed by atoms with Crippen LogP contribution in [0.2, 0.25) is 0 Å². The van der Waals surface area contributed by atoms with E-state index in [4.69, 9.17) is 5.11 Å². The average Bonchev–Trinajstić information content (AvgIpc) is 2.63. The first-order chi connectivity index (χ1) is 7.58. The molecule has 6 heteroatoms. The van der Waals surface area contributed by atoms with E-state index < -0.39 is 0 Å². The smallest absolute Gasteiger partial charge is 0.265 e. The molecular weight excluding hydrogens is 226 g/mol. The summed E-state index contributed by atoms with van der Waals surface area (Å²) in [5, 5.41) is 16.0. The van der Waals surface area contributed by atoms with Crippen molar-refractivity contribution >= 4 is 17.4 Å². The minimum absolute atomic E-state index is 0.101. The van der Waals surface area contributed by atoms with Crippen LogP contribution in [0, 0.1) is 0 Å². The van der Waals surface area contributed by atoms with E-state index >= 15 is 0 Å². The van der Waals surface area contributed by atoms with Crippen molar-refractivity contribution in [1.82, 2.24) is 14.9 Å². The first-order valence-electron chi connectivity index (χ1n) is 5.39. The van der Waals surface area contributed by atoms with Crippen molar-refractivity contribution in [1.29, 1.82) is 0 Å². The molecule has 0 radical (unpaired) electrons. The van der Waals surface area contributed by atoms with Gasteiger partial charge >= 0.3 is 0 Å². The lowest BCUT2D eigenvalue weighted by atomic mass is 9.89. The zero-order chi connectivity index (χ0) is 11.7. The lowest BCUT2D eigenvalue weighted by Crippen LogP contribution is -2.46. The number of nitrogens with zero attached hydrogens (tertiary/aromatic N) is 2. The second kappa shape index (κ2) is 4.47. The molecular formula is C10H15N3O2S. The van der Waals surface area contributed by atoms with Crippen molar-refractivity contribution in [3.8, 4) is 0 Å². The summed E-state index contributed by atoms with van der Waals surface area (Å²) < 4.78 is 3.81. The van der Waals surface area contributed by atoms with Gasteiger partial charge in [0.15, 0.2) is 0 Å². The summed E-state index contributed by atoms with van der Waals surface area (Å²) >= 11 is 1.13. The predicted molar refractivity (Wildman–Crippen MR) is 60.5 cm³/mol. The normalized spacial score (nSPS) is 24.2. The Morgan fingerprint density at radius 3 is 2.81 bits per heavy atom. The molecule has 1 aromatic rings. The van der Waals surface area contributed by atoms with E-state index in [9.17, 15) is 4.79 Å². The Morgan fingerprint density at radius 1 is 1.56 bits per heavy atom. The van der Waals surface area contributed by atoms with E-state index in [1.807, 2.05) is 13.8 Å². The molecule has 0 aliphatic heterocycles. The Morgan fingerprint density at radius 2 is 2.25 bits per heavy atom. The molecule has 1 aliphatic rings. The summed E-state index contributed by atoms with van der Waals surface area (Å²) in [6.07, 6.45) is 1.04. The third-order valence-corrected chi connectivity index (χ3v) is 3.46. The van der Waals surface area contributed by atoms with Crippen molar-refractivity contribution in [2.24, 2.45) is 0 Å². The maximum absolute atomic E-state index is 11.9. The second-order valence-electron chi connectivity index (χ2n) is 4.44. The molecule has 0 atom stereocenters. The molecule has 1 aliphatic carbocycles. The van der Waals surface area contributed by atoms with Gasteiger partial charge < -0.3 is 10.4 Å². The molecule has 1 fully saturated rings. The van der Waals surface area contributed by atoms with Crippen LogP contribution in [0.15, 0.2) is 0 Å². The van der Waals surface area contributed by atoms with Gasteiger partial charge in [-0.3, -0.25) is 4.79 Å². The Hall–Kier alpha value is -1.01. The van der Waals surface area contributed by atoms with Gasteiger partial charge in [-0.25, -0.2) is 0 Å². The Kier molecular flexibility index (Phi) is 3.20. The molecule has 1 heterocycles. The number of hydrogen-bond acceptors (Lipinski definition) is 5. The van der Waals surface area contributed by atoms with Gasteiger partial charge in [0.1, 0.15) is 4.88 Å². The number of rotatable bonds is 3. The number of aliphatic hydroxyl groups is 1. The molecule has 1 aromatic heterocycles. The largest absolute Gasteiger partial charge is 0.393 e. The highest BCUT2D eigenvalue weighted by atomic mass is 32.1. The SMILES string of the molecule is CC(C)c1nnsc1C(=O)NC1CC(O)C1.